The Morgan fingerprint density at radius 2 is 0.333 bits per heavy atom. The minimum absolute atomic E-state index is 0.530. The van der Waals surface area contributed by atoms with Gasteiger partial charge in [0.25, 0.3) is 0 Å². The predicted molar refractivity (Wildman–Crippen MR) is 545 cm³/mol. The smallest absolute Gasteiger partial charge is 0.198 e. The number of hydrogen-bond acceptors (Lipinski definition) is 18. The van der Waals surface area contributed by atoms with Gasteiger partial charge in [-0.2, -0.15) is 0 Å². The lowest BCUT2D eigenvalue weighted by molar-refractivity contribution is 1.04. The molecular formula is C117H102N18. The average molecular weight is 1760 g/mol. The zero-order valence-corrected chi connectivity index (χ0v) is 78.5. The molecule has 9 aromatic carbocycles. The Kier molecular flexibility index (Phi) is 28.7. The molecule has 20 aromatic rings. The van der Waals surface area contributed by atoms with Gasteiger partial charge in [0.1, 0.15) is 11.5 Å². The number of aryl methyl sites for hydroxylation is 15. The summed E-state index contributed by atoms with van der Waals surface area (Å²) in [6, 6.07) is 101. The van der Waals surface area contributed by atoms with Crippen LogP contribution in [0.5, 0.6) is 0 Å². The average Bonchev–Trinajstić information content (AvgIpc) is 0.816. The van der Waals surface area contributed by atoms with Crippen molar-refractivity contribution in [2.45, 2.75) is 104 Å². The summed E-state index contributed by atoms with van der Waals surface area (Å²) in [4.78, 5) is 83.3. The first-order chi connectivity index (χ1) is 65.4. The van der Waals surface area contributed by atoms with Gasteiger partial charge in [0.05, 0.1) is 73.9 Å². The highest BCUT2D eigenvalue weighted by Gasteiger charge is 2.19. The van der Waals surface area contributed by atoms with Crippen molar-refractivity contribution in [3.63, 3.8) is 0 Å². The molecule has 135 heavy (non-hydrogen) atoms. The fourth-order valence-electron chi connectivity index (χ4n) is 14.2. The first kappa shape index (κ1) is 91.5. The Labute approximate surface area is 789 Å². The van der Waals surface area contributed by atoms with Crippen LogP contribution in [0, 0.1) is 104 Å². The number of rotatable bonds is 15. The van der Waals surface area contributed by atoms with Crippen molar-refractivity contribution in [3.05, 3.63) is 431 Å². The molecule has 0 aliphatic carbocycles. The van der Waals surface area contributed by atoms with Crippen molar-refractivity contribution in [1.82, 2.24) is 89.7 Å². The highest BCUT2D eigenvalue weighted by atomic mass is 15.0. The van der Waals surface area contributed by atoms with Gasteiger partial charge in [-0.1, -0.05) is 287 Å². The molecule has 0 aliphatic rings. The van der Waals surface area contributed by atoms with Crippen LogP contribution in [0.1, 0.15) is 83.8 Å². The lowest BCUT2D eigenvalue weighted by Crippen LogP contribution is -1.99. The molecule has 0 bridgehead atoms. The van der Waals surface area contributed by atoms with Crippen molar-refractivity contribution >= 4 is 0 Å². The van der Waals surface area contributed by atoms with E-state index in [4.69, 9.17) is 49.8 Å². The third-order valence-electron chi connectivity index (χ3n) is 22.4. The van der Waals surface area contributed by atoms with E-state index in [1.165, 1.54) is 50.1 Å². The van der Waals surface area contributed by atoms with Gasteiger partial charge < -0.3 is 0 Å². The third kappa shape index (κ3) is 24.2. The molecule has 0 fully saturated rings. The van der Waals surface area contributed by atoms with Gasteiger partial charge in [0.2, 0.25) is 0 Å². The monoisotopic (exact) mass is 1760 g/mol. The predicted octanol–water partition coefficient (Wildman–Crippen LogP) is 27.2. The summed E-state index contributed by atoms with van der Waals surface area (Å²) < 4.78 is 0. The zero-order valence-electron chi connectivity index (χ0n) is 78.5. The van der Waals surface area contributed by atoms with Crippen LogP contribution in [0.15, 0.2) is 347 Å². The highest BCUT2D eigenvalue weighted by Crippen LogP contribution is 2.35. The molecule has 0 atom stereocenters. The van der Waals surface area contributed by atoms with Crippen LogP contribution in [0.3, 0.4) is 0 Å². The molecule has 11 heterocycles. The van der Waals surface area contributed by atoms with E-state index in [9.17, 15) is 0 Å². The zero-order chi connectivity index (χ0) is 94.0. The van der Waals surface area contributed by atoms with Gasteiger partial charge in [-0.25, -0.2) is 69.8 Å². The minimum Gasteiger partial charge on any atom is -0.261 e. The fraction of sp³-hybridized carbons (Fsp3) is 0.128. The van der Waals surface area contributed by atoms with Crippen molar-refractivity contribution in [2.24, 2.45) is 0 Å². The Balaban J connectivity index is 0.000000123. The number of pyridine rings is 4. The topological polar surface area (TPSA) is 232 Å². The molecule has 660 valence electrons. The van der Waals surface area contributed by atoms with Crippen molar-refractivity contribution in [2.75, 3.05) is 0 Å². The molecule has 0 unspecified atom stereocenters. The number of benzene rings is 9. The number of nitrogens with zero attached hydrogens (tertiary/aromatic N) is 18. The molecule has 0 saturated heterocycles. The molecule has 0 spiro atoms. The van der Waals surface area contributed by atoms with Crippen LogP contribution in [-0.4, -0.2) is 89.7 Å². The van der Waals surface area contributed by atoms with Gasteiger partial charge in [-0.3, -0.25) is 19.9 Å². The summed E-state index contributed by atoms with van der Waals surface area (Å²) in [7, 11) is 0. The second-order valence-electron chi connectivity index (χ2n) is 34.1. The Morgan fingerprint density at radius 1 is 0.119 bits per heavy atom. The summed E-state index contributed by atoms with van der Waals surface area (Å²) >= 11 is 0. The second-order valence-corrected chi connectivity index (χ2v) is 34.1. The van der Waals surface area contributed by atoms with Gasteiger partial charge in [0.15, 0.2) is 34.9 Å². The lowest BCUT2D eigenvalue weighted by Gasteiger charge is -2.10. The van der Waals surface area contributed by atoms with Crippen molar-refractivity contribution in [3.8, 4) is 170 Å². The Morgan fingerprint density at radius 3 is 0.607 bits per heavy atom. The summed E-state index contributed by atoms with van der Waals surface area (Å²) in [6.07, 6.45) is 14.5. The molecule has 11 aromatic heterocycles. The maximum absolute atomic E-state index is 4.83. The first-order valence-electron chi connectivity index (χ1n) is 44.8. The molecule has 0 saturated carbocycles. The van der Waals surface area contributed by atoms with Crippen LogP contribution < -0.4 is 0 Å². The quantitative estimate of drug-likeness (QED) is 0.0928. The molecule has 20 rings (SSSR count). The molecule has 0 radical (unpaired) electrons. The van der Waals surface area contributed by atoms with E-state index in [0.717, 1.165) is 169 Å². The fourth-order valence-corrected chi connectivity index (χ4v) is 14.2. The maximum Gasteiger partial charge on any atom is 0.198 e. The van der Waals surface area contributed by atoms with Gasteiger partial charge in [0, 0.05) is 111 Å². The second kappa shape index (κ2) is 42.4. The summed E-state index contributed by atoms with van der Waals surface area (Å²) in [6.45, 7) is 30.6. The molecule has 0 N–H and O–H groups in total. The Hall–Kier alpha value is -16.9. The molecule has 0 aliphatic heterocycles. The van der Waals surface area contributed by atoms with E-state index in [-0.39, 0.29) is 0 Å². The highest BCUT2D eigenvalue weighted by molar-refractivity contribution is 5.77. The van der Waals surface area contributed by atoms with Crippen molar-refractivity contribution < 1.29 is 0 Å². The SMILES string of the molecule is Cc1ccc(-c2cc(-c3ccc(C)cc3)nc(-c3ccc(C)cn3)n2)cc1.Cc1ccc(-c2cc(-c3ccc(C)cc3)nc(-c3ccc(C)nc3)n2)cc1.Cc1ccc(-c2cc(-c3ccc(C)cc3)nc(-c3cnc(C)nc3)n2)cc1.Cc1ccc(-c2cc(-c3ccc(C)cc3)nc(-c3ncc(C)cn3)n2)cc1.Cc1ccc(-c2nc(-c3ccc(C)cn3)cc(-c3ccc(C)cn3)n2)cc1. The van der Waals surface area contributed by atoms with E-state index in [1.807, 2.05) is 151 Å². The first-order valence-corrected chi connectivity index (χ1v) is 44.8. The van der Waals surface area contributed by atoms with Crippen molar-refractivity contribution in [1.29, 1.82) is 0 Å². The van der Waals surface area contributed by atoms with Crippen LogP contribution in [0.25, 0.3) is 170 Å². The van der Waals surface area contributed by atoms with Gasteiger partial charge in [-0.05, 0) is 187 Å². The normalized spacial score (nSPS) is 10.8. The van der Waals surface area contributed by atoms with Gasteiger partial charge in [-0.15, -0.1) is 0 Å². The van der Waals surface area contributed by atoms with E-state index in [2.05, 4.69) is 315 Å². The number of aromatic nitrogens is 18. The van der Waals surface area contributed by atoms with E-state index < -0.39 is 0 Å². The lowest BCUT2D eigenvalue weighted by atomic mass is 10.0. The van der Waals surface area contributed by atoms with Crippen LogP contribution in [0.2, 0.25) is 0 Å². The van der Waals surface area contributed by atoms with E-state index in [0.29, 0.717) is 34.9 Å². The molecule has 18 nitrogen and oxygen atoms in total. The van der Waals surface area contributed by atoms with Crippen LogP contribution in [0.4, 0.5) is 0 Å². The molecular weight excluding hydrogens is 1660 g/mol. The minimum atomic E-state index is 0.530. The molecule has 0 amide bonds. The van der Waals surface area contributed by atoms with E-state index >= 15 is 0 Å². The standard InChI is InChI=1S/2C24H21N3.3C23H20N4/c1-16-4-9-19(10-5-16)22-14-23(20-11-6-17(2)7-12-20)27-24(26-22)21-13-8-18(3)25-15-21;1-16-4-9-19(10-5-16)22-14-23(20-11-6-17(2)7-12-20)27-24(26-22)21-13-8-18(3)15-25-21;1-15-4-8-18(9-5-15)23-26-21(19-10-6-16(2)13-24-19)12-22(27-23)20-11-7-17(3)14-25-20;1-15-4-8-18(9-5-15)21-12-22(19-10-6-16(2)7-11-19)27-23(26-21)20-13-24-17(3)25-14-20;1-15-4-8-18(9-5-15)20-12-21(19-10-6-16(2)7-11-19)27-23(26-20)22-24-13-17(3)14-25-22/h2*4-15H,1-3H3;3*4-14H,1-3H3. The molecule has 18 heteroatoms. The summed E-state index contributed by atoms with van der Waals surface area (Å²) in [5.41, 5.74) is 38.7. The largest absolute Gasteiger partial charge is 0.261 e. The summed E-state index contributed by atoms with van der Waals surface area (Å²) in [5, 5.41) is 0. The number of hydrogen-bond donors (Lipinski definition) is 0. The van der Waals surface area contributed by atoms with Crippen LogP contribution in [-0.2, 0) is 0 Å². The Bertz CT molecular complexity index is 5600. The van der Waals surface area contributed by atoms with Crippen LogP contribution >= 0.6 is 0 Å². The third-order valence-corrected chi connectivity index (χ3v) is 22.4. The summed E-state index contributed by atoms with van der Waals surface area (Å²) in [5.74, 6) is 4.43. The maximum atomic E-state index is 4.83. The van der Waals surface area contributed by atoms with E-state index in [1.54, 1.807) is 24.8 Å². The van der Waals surface area contributed by atoms with Gasteiger partial charge >= 0.3 is 0 Å².